The maximum atomic E-state index is 12.5. The van der Waals surface area contributed by atoms with Crippen LogP contribution in [0.2, 0.25) is 0 Å². The van der Waals surface area contributed by atoms with Crippen molar-refractivity contribution in [1.82, 2.24) is 15.5 Å². The van der Waals surface area contributed by atoms with Gasteiger partial charge in [-0.3, -0.25) is 19.7 Å². The molecular weight excluding hydrogens is 394 g/mol. The predicted molar refractivity (Wildman–Crippen MR) is 112 cm³/mol. The Balaban J connectivity index is 1.99. The molecule has 0 radical (unpaired) electrons. The molecule has 1 aliphatic heterocycles. The number of ether oxygens (including phenoxy) is 2. The number of thiocarbonyl (C=S) groups is 1. The molecule has 8 nitrogen and oxygen atoms in total. The van der Waals surface area contributed by atoms with Crippen molar-refractivity contribution in [2.45, 2.75) is 39.2 Å². The molecule has 1 aromatic rings. The summed E-state index contributed by atoms with van der Waals surface area (Å²) in [5, 5.41) is 5.45. The highest BCUT2D eigenvalue weighted by Crippen LogP contribution is 2.14. The maximum Gasteiger partial charge on any atom is 0.308 e. The fourth-order valence-corrected chi connectivity index (χ4v) is 3.07. The van der Waals surface area contributed by atoms with Gasteiger partial charge in [0.05, 0.1) is 19.6 Å². The van der Waals surface area contributed by atoms with Crippen molar-refractivity contribution >= 4 is 35.1 Å². The number of nitrogens with one attached hydrogen (secondary N) is 2. The zero-order valence-electron chi connectivity index (χ0n) is 16.7. The van der Waals surface area contributed by atoms with E-state index in [1.54, 1.807) is 29.2 Å². The quantitative estimate of drug-likeness (QED) is 0.486. The average molecular weight is 422 g/mol. The number of nitrogens with zero attached hydrogens (tertiary/aromatic N) is 1. The van der Waals surface area contributed by atoms with Gasteiger partial charge in [0.15, 0.2) is 5.11 Å². The molecule has 0 saturated carbocycles. The number of hydrogen-bond donors (Lipinski definition) is 2. The zero-order chi connectivity index (χ0) is 21.2. The summed E-state index contributed by atoms with van der Waals surface area (Å²) in [7, 11) is 0. The standard InChI is InChI=1S/C20H27N3O5S/c1-3-11-27-15-7-5-14(6-8-15)18(25)22-20(29)23-10-9-21-19(26)16(23)13-17(24)28-12-4-2/h5-8,16H,3-4,9-13H2,1-2H3,(H,21,26)(H,22,25,29). The molecule has 0 aromatic heterocycles. The van der Waals surface area contributed by atoms with Crippen molar-refractivity contribution in [1.29, 1.82) is 0 Å². The summed E-state index contributed by atoms with van der Waals surface area (Å²) < 4.78 is 10.6. The van der Waals surface area contributed by atoms with E-state index in [-0.39, 0.29) is 17.4 Å². The van der Waals surface area contributed by atoms with Gasteiger partial charge in [-0.05, 0) is 49.3 Å². The Hall–Kier alpha value is -2.68. The minimum absolute atomic E-state index is 0.101. The van der Waals surface area contributed by atoms with Crippen LogP contribution in [0.4, 0.5) is 0 Å². The highest BCUT2D eigenvalue weighted by atomic mass is 32.1. The molecule has 1 aliphatic rings. The Bertz CT molecular complexity index is 738. The summed E-state index contributed by atoms with van der Waals surface area (Å²) >= 11 is 5.34. The van der Waals surface area contributed by atoms with Gasteiger partial charge in [0.1, 0.15) is 11.8 Å². The van der Waals surface area contributed by atoms with Crippen LogP contribution in [0, 0.1) is 0 Å². The summed E-state index contributed by atoms with van der Waals surface area (Å²) in [6, 6.07) is 5.91. The molecule has 1 heterocycles. The number of hydrogen-bond acceptors (Lipinski definition) is 6. The summed E-state index contributed by atoms with van der Waals surface area (Å²) in [4.78, 5) is 38.3. The zero-order valence-corrected chi connectivity index (χ0v) is 17.5. The van der Waals surface area contributed by atoms with Gasteiger partial charge < -0.3 is 19.7 Å². The lowest BCUT2D eigenvalue weighted by molar-refractivity contribution is -0.147. The number of benzene rings is 1. The molecule has 158 valence electrons. The lowest BCUT2D eigenvalue weighted by Crippen LogP contribution is -2.60. The van der Waals surface area contributed by atoms with Gasteiger partial charge in [0.2, 0.25) is 5.91 Å². The first kappa shape index (κ1) is 22.6. The summed E-state index contributed by atoms with van der Waals surface area (Å²) in [5.74, 6) is -0.505. The summed E-state index contributed by atoms with van der Waals surface area (Å²) in [6.07, 6.45) is 1.46. The van der Waals surface area contributed by atoms with Gasteiger partial charge in [0, 0.05) is 18.7 Å². The minimum atomic E-state index is -0.814. The van der Waals surface area contributed by atoms with Crippen molar-refractivity contribution in [2.75, 3.05) is 26.3 Å². The number of piperazine rings is 1. The molecule has 2 amide bonds. The first-order chi connectivity index (χ1) is 14.0. The third-order valence-corrected chi connectivity index (χ3v) is 4.57. The summed E-state index contributed by atoms with van der Waals surface area (Å²) in [5.41, 5.74) is 0.413. The number of esters is 1. The van der Waals surface area contributed by atoms with Crippen LogP contribution in [0.1, 0.15) is 43.5 Å². The highest BCUT2D eigenvalue weighted by molar-refractivity contribution is 7.80. The van der Waals surface area contributed by atoms with E-state index in [0.29, 0.717) is 44.0 Å². The molecule has 1 saturated heterocycles. The van der Waals surface area contributed by atoms with Gasteiger partial charge in [-0.2, -0.15) is 0 Å². The fourth-order valence-electron chi connectivity index (χ4n) is 2.76. The Morgan fingerprint density at radius 2 is 1.90 bits per heavy atom. The molecule has 1 fully saturated rings. The smallest absolute Gasteiger partial charge is 0.308 e. The van der Waals surface area contributed by atoms with Crippen molar-refractivity contribution in [3.05, 3.63) is 29.8 Å². The molecule has 2 N–H and O–H groups in total. The van der Waals surface area contributed by atoms with Gasteiger partial charge in [-0.15, -0.1) is 0 Å². The molecule has 1 unspecified atom stereocenters. The lowest BCUT2D eigenvalue weighted by Gasteiger charge is -2.36. The summed E-state index contributed by atoms with van der Waals surface area (Å²) in [6.45, 7) is 5.57. The van der Waals surface area contributed by atoms with E-state index in [1.165, 1.54) is 0 Å². The van der Waals surface area contributed by atoms with Gasteiger partial charge in [-0.25, -0.2) is 0 Å². The van der Waals surface area contributed by atoms with Crippen LogP contribution in [0.5, 0.6) is 5.75 Å². The second kappa shape index (κ2) is 11.4. The van der Waals surface area contributed by atoms with Crippen LogP contribution >= 0.6 is 12.2 Å². The van der Waals surface area contributed by atoms with Crippen molar-refractivity contribution in [3.63, 3.8) is 0 Å². The van der Waals surface area contributed by atoms with Crippen LogP contribution < -0.4 is 15.4 Å². The molecule has 29 heavy (non-hydrogen) atoms. The number of rotatable bonds is 8. The topological polar surface area (TPSA) is 97.0 Å². The first-order valence-electron chi connectivity index (χ1n) is 9.74. The third kappa shape index (κ3) is 6.70. The fraction of sp³-hybridized carbons (Fsp3) is 0.500. The Morgan fingerprint density at radius 1 is 1.21 bits per heavy atom. The monoisotopic (exact) mass is 421 g/mol. The van der Waals surface area contributed by atoms with E-state index in [1.807, 2.05) is 13.8 Å². The first-order valence-corrected chi connectivity index (χ1v) is 10.1. The van der Waals surface area contributed by atoms with Gasteiger partial charge >= 0.3 is 5.97 Å². The number of amides is 2. The van der Waals surface area contributed by atoms with E-state index in [4.69, 9.17) is 21.7 Å². The van der Waals surface area contributed by atoms with Crippen LogP contribution in [0.25, 0.3) is 0 Å². The molecule has 1 aromatic carbocycles. The third-order valence-electron chi connectivity index (χ3n) is 4.23. The van der Waals surface area contributed by atoms with E-state index in [0.717, 1.165) is 6.42 Å². The van der Waals surface area contributed by atoms with Crippen molar-refractivity contribution < 1.29 is 23.9 Å². The lowest BCUT2D eigenvalue weighted by atomic mass is 10.1. The van der Waals surface area contributed by atoms with Crippen LogP contribution in [0.15, 0.2) is 24.3 Å². The molecule has 2 rings (SSSR count). The van der Waals surface area contributed by atoms with Crippen molar-refractivity contribution in [2.24, 2.45) is 0 Å². The van der Waals surface area contributed by atoms with Crippen LogP contribution in [-0.4, -0.2) is 60.1 Å². The molecule has 9 heteroatoms. The number of carbonyl (C=O) groups excluding carboxylic acids is 3. The molecule has 0 spiro atoms. The molecule has 0 aliphatic carbocycles. The van der Waals surface area contributed by atoms with Gasteiger partial charge in [-0.1, -0.05) is 13.8 Å². The molecule has 1 atom stereocenters. The maximum absolute atomic E-state index is 12.5. The SMILES string of the molecule is CCCOC(=O)CC1C(=O)NCCN1C(=S)NC(=O)c1ccc(OCCC)cc1. The van der Waals surface area contributed by atoms with Crippen LogP contribution in [-0.2, 0) is 14.3 Å². The van der Waals surface area contributed by atoms with E-state index < -0.39 is 17.9 Å². The molecular formula is C20H27N3O5S. The van der Waals surface area contributed by atoms with E-state index >= 15 is 0 Å². The second-order valence-electron chi connectivity index (χ2n) is 6.56. The largest absolute Gasteiger partial charge is 0.494 e. The van der Waals surface area contributed by atoms with E-state index in [9.17, 15) is 14.4 Å². The van der Waals surface area contributed by atoms with Gasteiger partial charge in [0.25, 0.3) is 5.91 Å². The van der Waals surface area contributed by atoms with Crippen molar-refractivity contribution in [3.8, 4) is 5.75 Å². The Morgan fingerprint density at radius 3 is 2.55 bits per heavy atom. The normalized spacial score (nSPS) is 16.0. The van der Waals surface area contributed by atoms with Crippen LogP contribution in [0.3, 0.4) is 0 Å². The Kier molecular flexibility index (Phi) is 8.85. The predicted octanol–water partition coefficient (Wildman–Crippen LogP) is 1.63. The second-order valence-corrected chi connectivity index (χ2v) is 6.94. The highest BCUT2D eigenvalue weighted by Gasteiger charge is 2.34. The Labute approximate surface area is 175 Å². The minimum Gasteiger partial charge on any atom is -0.494 e. The number of carbonyl (C=O) groups is 3. The molecule has 0 bridgehead atoms. The van der Waals surface area contributed by atoms with E-state index in [2.05, 4.69) is 10.6 Å². The average Bonchev–Trinajstić information content (AvgIpc) is 2.72.